The lowest BCUT2D eigenvalue weighted by Gasteiger charge is -2.25. The Morgan fingerprint density at radius 2 is 2.12 bits per heavy atom. The van der Waals surface area contributed by atoms with Crippen LogP contribution in [0.5, 0.6) is 0 Å². The van der Waals surface area contributed by atoms with Gasteiger partial charge in [0.15, 0.2) is 0 Å². The van der Waals surface area contributed by atoms with Gasteiger partial charge in [0.05, 0.1) is 11.9 Å². The predicted molar refractivity (Wildman–Crippen MR) is 102 cm³/mol. The van der Waals surface area contributed by atoms with E-state index in [0.717, 1.165) is 38.3 Å². The highest BCUT2D eigenvalue weighted by molar-refractivity contribution is 5.66. The molecule has 1 aromatic carbocycles. The zero-order valence-electron chi connectivity index (χ0n) is 14.9. The Morgan fingerprint density at radius 1 is 1.23 bits per heavy atom. The molecule has 0 atom stereocenters. The molecule has 0 saturated carbocycles. The summed E-state index contributed by atoms with van der Waals surface area (Å²) >= 11 is 0. The zero-order valence-corrected chi connectivity index (χ0v) is 14.9. The Labute approximate surface area is 152 Å². The van der Waals surface area contributed by atoms with Gasteiger partial charge in [-0.2, -0.15) is 5.10 Å². The third-order valence-corrected chi connectivity index (χ3v) is 4.99. The van der Waals surface area contributed by atoms with Gasteiger partial charge in [0.1, 0.15) is 0 Å². The molecule has 6 nitrogen and oxygen atoms in total. The topological polar surface area (TPSA) is 58.9 Å². The first-order valence-electron chi connectivity index (χ1n) is 8.97. The van der Waals surface area contributed by atoms with E-state index in [1.165, 1.54) is 16.7 Å². The van der Waals surface area contributed by atoms with Crippen molar-refractivity contribution in [3.05, 3.63) is 76.7 Å². The maximum absolute atomic E-state index is 11.5. The molecule has 1 N–H and O–H groups in total. The van der Waals surface area contributed by atoms with E-state index in [1.807, 2.05) is 23.0 Å². The number of para-hydroxylation sites is 1. The van der Waals surface area contributed by atoms with E-state index in [0.29, 0.717) is 0 Å². The van der Waals surface area contributed by atoms with Crippen molar-refractivity contribution in [2.75, 3.05) is 19.6 Å². The van der Waals surface area contributed by atoms with Crippen molar-refractivity contribution in [3.8, 4) is 5.69 Å². The maximum Gasteiger partial charge on any atom is 0.325 e. The summed E-state index contributed by atoms with van der Waals surface area (Å²) in [5.41, 5.74) is 4.83. The number of rotatable bonds is 5. The summed E-state index contributed by atoms with van der Waals surface area (Å²) in [6.07, 6.45) is 10.8. The van der Waals surface area contributed by atoms with Gasteiger partial charge in [0, 0.05) is 50.3 Å². The highest BCUT2D eigenvalue weighted by atomic mass is 16.1. The molecule has 26 heavy (non-hydrogen) atoms. The average Bonchev–Trinajstić information content (AvgIpc) is 3.30. The lowest BCUT2D eigenvalue weighted by Crippen LogP contribution is -2.33. The smallest absolute Gasteiger partial charge is 0.313 e. The van der Waals surface area contributed by atoms with Crippen molar-refractivity contribution in [3.63, 3.8) is 0 Å². The van der Waals surface area contributed by atoms with Gasteiger partial charge < -0.3 is 4.98 Å². The Kier molecular flexibility index (Phi) is 4.58. The molecule has 0 unspecified atom stereocenters. The molecule has 0 fully saturated rings. The van der Waals surface area contributed by atoms with Crippen LogP contribution < -0.4 is 5.69 Å². The van der Waals surface area contributed by atoms with E-state index >= 15 is 0 Å². The summed E-state index contributed by atoms with van der Waals surface area (Å²) in [6, 6.07) is 8.27. The first kappa shape index (κ1) is 16.6. The van der Waals surface area contributed by atoms with Crippen LogP contribution in [0.3, 0.4) is 0 Å². The highest BCUT2D eigenvalue weighted by Gasteiger charge is 2.15. The van der Waals surface area contributed by atoms with Crippen LogP contribution in [0.1, 0.15) is 17.5 Å². The van der Waals surface area contributed by atoms with Crippen LogP contribution in [0, 0.1) is 6.92 Å². The summed E-state index contributed by atoms with van der Waals surface area (Å²) in [5.74, 6) is 0. The third-order valence-electron chi connectivity index (χ3n) is 4.99. The number of nitrogens with one attached hydrogen (secondary N) is 1. The minimum Gasteiger partial charge on any atom is -0.313 e. The molecule has 1 aliphatic heterocycles. The number of aromatic nitrogens is 4. The van der Waals surface area contributed by atoms with E-state index < -0.39 is 0 Å². The van der Waals surface area contributed by atoms with E-state index in [2.05, 4.69) is 46.3 Å². The van der Waals surface area contributed by atoms with Crippen LogP contribution >= 0.6 is 0 Å². The number of benzene rings is 1. The Hall–Kier alpha value is -2.86. The number of aryl methyl sites for hydroxylation is 1. The number of nitrogens with zero attached hydrogens (tertiary/aromatic N) is 4. The van der Waals surface area contributed by atoms with E-state index in [4.69, 9.17) is 0 Å². The van der Waals surface area contributed by atoms with Crippen LogP contribution in [0.2, 0.25) is 0 Å². The molecule has 0 amide bonds. The normalized spacial score (nSPS) is 15.2. The molecule has 134 valence electrons. The number of hydrogen-bond donors (Lipinski definition) is 1. The summed E-state index contributed by atoms with van der Waals surface area (Å²) < 4.78 is 3.67. The molecule has 1 aliphatic rings. The van der Waals surface area contributed by atoms with Gasteiger partial charge in [-0.15, -0.1) is 0 Å². The lowest BCUT2D eigenvalue weighted by molar-refractivity contribution is 0.287. The molecule has 2 aromatic heterocycles. The molecule has 6 heteroatoms. The predicted octanol–water partition coefficient (Wildman–Crippen LogP) is 2.46. The monoisotopic (exact) mass is 349 g/mol. The Balaban J connectivity index is 1.41. The minimum absolute atomic E-state index is 0.0399. The van der Waals surface area contributed by atoms with Gasteiger partial charge in [-0.1, -0.05) is 24.3 Å². The number of imidazole rings is 1. The Morgan fingerprint density at radius 3 is 2.85 bits per heavy atom. The van der Waals surface area contributed by atoms with Gasteiger partial charge in [-0.25, -0.2) is 9.48 Å². The molecule has 4 rings (SSSR count). The first-order valence-corrected chi connectivity index (χ1v) is 8.97. The lowest BCUT2D eigenvalue weighted by atomic mass is 10.0. The summed E-state index contributed by atoms with van der Waals surface area (Å²) in [6.45, 7) is 5.61. The Bertz CT molecular complexity index is 978. The van der Waals surface area contributed by atoms with Gasteiger partial charge in [-0.05, 0) is 30.5 Å². The number of H-pyrrole nitrogens is 1. The second-order valence-corrected chi connectivity index (χ2v) is 6.70. The fraction of sp³-hybridized carbons (Fsp3) is 0.300. The molecule has 0 radical (unpaired) electrons. The van der Waals surface area contributed by atoms with Gasteiger partial charge in [-0.3, -0.25) is 9.47 Å². The summed E-state index contributed by atoms with van der Waals surface area (Å²) in [5, 5.41) is 4.54. The van der Waals surface area contributed by atoms with Crippen LogP contribution in [0.15, 0.2) is 59.9 Å². The standard InChI is InChI=1S/C20H23N5O/c1-16-4-2-3-5-19(16)25-15-18(14-22-25)17-6-9-23(10-7-17)12-13-24-11-8-21-20(24)26/h2-6,8,11,14-15H,7,9-10,12-13H2,1H3,(H,21,26). The fourth-order valence-corrected chi connectivity index (χ4v) is 3.39. The minimum atomic E-state index is -0.0399. The van der Waals surface area contributed by atoms with Crippen LogP contribution in [0.25, 0.3) is 11.3 Å². The summed E-state index contributed by atoms with van der Waals surface area (Å²) in [4.78, 5) is 16.6. The van der Waals surface area contributed by atoms with Crippen molar-refractivity contribution >= 4 is 5.57 Å². The van der Waals surface area contributed by atoms with Crippen molar-refractivity contribution in [1.29, 1.82) is 0 Å². The second kappa shape index (κ2) is 7.17. The fourth-order valence-electron chi connectivity index (χ4n) is 3.39. The second-order valence-electron chi connectivity index (χ2n) is 6.70. The van der Waals surface area contributed by atoms with Crippen molar-refractivity contribution in [1.82, 2.24) is 24.2 Å². The van der Waals surface area contributed by atoms with E-state index in [-0.39, 0.29) is 5.69 Å². The molecule has 0 bridgehead atoms. The molecule has 3 aromatic rings. The van der Waals surface area contributed by atoms with Gasteiger partial charge in [0.2, 0.25) is 0 Å². The largest absolute Gasteiger partial charge is 0.325 e. The molecule has 3 heterocycles. The third kappa shape index (κ3) is 3.41. The zero-order chi connectivity index (χ0) is 17.9. The number of hydrogen-bond acceptors (Lipinski definition) is 3. The quantitative estimate of drug-likeness (QED) is 0.770. The van der Waals surface area contributed by atoms with Gasteiger partial charge in [0.25, 0.3) is 0 Å². The SMILES string of the molecule is Cc1ccccc1-n1cc(C2=CCN(CCn3cc[nH]c3=O)CC2)cn1. The highest BCUT2D eigenvalue weighted by Crippen LogP contribution is 2.23. The van der Waals surface area contributed by atoms with E-state index in [9.17, 15) is 4.79 Å². The summed E-state index contributed by atoms with van der Waals surface area (Å²) in [7, 11) is 0. The van der Waals surface area contributed by atoms with Crippen molar-refractivity contribution < 1.29 is 0 Å². The van der Waals surface area contributed by atoms with Crippen LogP contribution in [0.4, 0.5) is 0 Å². The molecule has 0 spiro atoms. The van der Waals surface area contributed by atoms with Crippen molar-refractivity contribution in [2.24, 2.45) is 0 Å². The molecular formula is C20H23N5O. The van der Waals surface area contributed by atoms with E-state index in [1.54, 1.807) is 17.0 Å². The average molecular weight is 349 g/mol. The van der Waals surface area contributed by atoms with Gasteiger partial charge >= 0.3 is 5.69 Å². The molecule has 0 saturated heterocycles. The van der Waals surface area contributed by atoms with Crippen LogP contribution in [-0.2, 0) is 6.54 Å². The first-order chi connectivity index (χ1) is 12.7. The van der Waals surface area contributed by atoms with Crippen molar-refractivity contribution in [2.45, 2.75) is 19.9 Å². The molecule has 0 aliphatic carbocycles. The molecular weight excluding hydrogens is 326 g/mol. The maximum atomic E-state index is 11.5. The number of aromatic amines is 1. The van der Waals surface area contributed by atoms with Crippen LogP contribution in [-0.4, -0.2) is 43.9 Å².